The molecule has 2 fully saturated rings. The fraction of sp³-hybridized carbons (Fsp3) is 0.750. The van der Waals surface area contributed by atoms with E-state index in [-0.39, 0.29) is 5.54 Å². The van der Waals surface area contributed by atoms with Crippen LogP contribution >= 0.6 is 12.2 Å². The quantitative estimate of drug-likeness (QED) is 0.743. The van der Waals surface area contributed by atoms with Crippen molar-refractivity contribution in [2.24, 2.45) is 11.8 Å². The van der Waals surface area contributed by atoms with E-state index < -0.39 is 0 Å². The molecule has 0 bridgehead atoms. The molecule has 0 saturated carbocycles. The number of aromatic nitrogens is 2. The lowest BCUT2D eigenvalue weighted by Gasteiger charge is -2.36. The molecule has 2 saturated heterocycles. The third-order valence-electron chi connectivity index (χ3n) is 4.94. The van der Waals surface area contributed by atoms with Gasteiger partial charge in [0.05, 0.1) is 13.2 Å². The number of ether oxygens (including phenoxy) is 1. The first-order chi connectivity index (χ1) is 13.2. The molecule has 2 aliphatic heterocycles. The van der Waals surface area contributed by atoms with Crippen molar-refractivity contribution in [3.8, 4) is 0 Å². The summed E-state index contributed by atoms with van der Waals surface area (Å²) in [4.78, 5) is 14.2. The molecular formula is C20H34N6OS. The zero-order chi connectivity index (χ0) is 20.3. The van der Waals surface area contributed by atoms with E-state index in [1.165, 1.54) is 6.42 Å². The number of thiocarbonyl (C=S) groups is 1. The van der Waals surface area contributed by atoms with Crippen LogP contribution < -0.4 is 20.4 Å². The van der Waals surface area contributed by atoms with Gasteiger partial charge < -0.3 is 25.2 Å². The van der Waals surface area contributed by atoms with Crippen LogP contribution in [0.15, 0.2) is 6.07 Å². The van der Waals surface area contributed by atoms with E-state index in [9.17, 15) is 0 Å². The Hall–Kier alpha value is -1.67. The Balaban J connectivity index is 1.86. The summed E-state index contributed by atoms with van der Waals surface area (Å²) in [5, 5.41) is 7.01. The zero-order valence-corrected chi connectivity index (χ0v) is 18.6. The molecule has 0 radical (unpaired) electrons. The van der Waals surface area contributed by atoms with Gasteiger partial charge in [0, 0.05) is 37.8 Å². The van der Waals surface area contributed by atoms with Gasteiger partial charge in [0.15, 0.2) is 5.11 Å². The molecule has 2 N–H and O–H groups in total. The molecule has 0 aromatic carbocycles. The number of nitrogens with zero attached hydrogens (tertiary/aromatic N) is 4. The molecule has 3 heterocycles. The number of rotatable bonds is 3. The zero-order valence-electron chi connectivity index (χ0n) is 17.8. The summed E-state index contributed by atoms with van der Waals surface area (Å²) in [6.07, 6.45) is 1.27. The van der Waals surface area contributed by atoms with Gasteiger partial charge >= 0.3 is 0 Å². The summed E-state index contributed by atoms with van der Waals surface area (Å²) in [6.45, 7) is 16.0. The van der Waals surface area contributed by atoms with Crippen LogP contribution in [0.2, 0.25) is 0 Å². The Bertz CT molecular complexity index is 676. The predicted molar refractivity (Wildman–Crippen MR) is 119 cm³/mol. The molecule has 0 spiro atoms. The highest BCUT2D eigenvalue weighted by Gasteiger charge is 2.25. The first-order valence-corrected chi connectivity index (χ1v) is 10.7. The summed E-state index contributed by atoms with van der Waals surface area (Å²) in [6, 6.07) is 2.11. The van der Waals surface area contributed by atoms with Crippen molar-refractivity contribution in [3.63, 3.8) is 0 Å². The van der Waals surface area contributed by atoms with Crippen molar-refractivity contribution in [3.05, 3.63) is 6.07 Å². The third-order valence-corrected chi connectivity index (χ3v) is 5.15. The smallest absolute Gasteiger partial charge is 0.232 e. The number of piperidine rings is 1. The van der Waals surface area contributed by atoms with Crippen LogP contribution in [0.25, 0.3) is 0 Å². The SMILES string of the molecule is CC1CC(C)CN(c2cc(N3CCOCC3)nc(NC(=S)NC(C)(C)C)n2)C1. The fourth-order valence-electron chi connectivity index (χ4n) is 3.92. The first-order valence-electron chi connectivity index (χ1n) is 10.3. The third kappa shape index (κ3) is 5.91. The van der Waals surface area contributed by atoms with Crippen molar-refractivity contribution >= 4 is 34.9 Å². The fourth-order valence-corrected chi connectivity index (χ4v) is 4.32. The van der Waals surface area contributed by atoms with Gasteiger partial charge in [-0.25, -0.2) is 0 Å². The van der Waals surface area contributed by atoms with Crippen molar-refractivity contribution in [2.75, 3.05) is 54.5 Å². The van der Waals surface area contributed by atoms with Gasteiger partial charge in [0.2, 0.25) is 5.95 Å². The second-order valence-electron chi connectivity index (χ2n) is 9.19. The average molecular weight is 407 g/mol. The summed E-state index contributed by atoms with van der Waals surface area (Å²) in [5.74, 6) is 3.76. The van der Waals surface area contributed by atoms with Crippen LogP contribution in [-0.4, -0.2) is 60.0 Å². The molecule has 1 aromatic rings. The summed E-state index contributed by atoms with van der Waals surface area (Å²) in [5.41, 5.74) is -0.119. The van der Waals surface area contributed by atoms with Gasteiger partial charge in [-0.05, 0) is 51.2 Å². The highest BCUT2D eigenvalue weighted by atomic mass is 32.1. The minimum atomic E-state index is -0.119. The lowest BCUT2D eigenvalue weighted by molar-refractivity contribution is 0.122. The Morgan fingerprint density at radius 3 is 2.21 bits per heavy atom. The Morgan fingerprint density at radius 1 is 1.07 bits per heavy atom. The maximum Gasteiger partial charge on any atom is 0.232 e. The average Bonchev–Trinajstić information content (AvgIpc) is 2.59. The lowest BCUT2D eigenvalue weighted by atomic mass is 9.92. The summed E-state index contributed by atoms with van der Waals surface area (Å²) >= 11 is 5.47. The molecule has 156 valence electrons. The van der Waals surface area contributed by atoms with Crippen molar-refractivity contribution in [2.45, 2.75) is 46.6 Å². The van der Waals surface area contributed by atoms with E-state index in [2.05, 4.69) is 61.1 Å². The number of hydrogen-bond acceptors (Lipinski definition) is 6. The number of nitrogens with one attached hydrogen (secondary N) is 2. The predicted octanol–water partition coefficient (Wildman–Crippen LogP) is 2.88. The van der Waals surface area contributed by atoms with Crippen LogP contribution in [-0.2, 0) is 4.74 Å². The van der Waals surface area contributed by atoms with E-state index in [0.717, 1.165) is 51.0 Å². The summed E-state index contributed by atoms with van der Waals surface area (Å²) < 4.78 is 5.50. The van der Waals surface area contributed by atoms with Gasteiger partial charge in [-0.15, -0.1) is 0 Å². The molecule has 3 rings (SSSR count). The molecule has 8 heteroatoms. The van der Waals surface area contributed by atoms with E-state index in [1.807, 2.05) is 0 Å². The lowest BCUT2D eigenvalue weighted by Crippen LogP contribution is -2.43. The van der Waals surface area contributed by atoms with Gasteiger partial charge in [-0.2, -0.15) is 9.97 Å². The van der Waals surface area contributed by atoms with Crippen LogP contribution in [0, 0.1) is 11.8 Å². The highest BCUT2D eigenvalue weighted by molar-refractivity contribution is 7.80. The van der Waals surface area contributed by atoms with E-state index in [4.69, 9.17) is 26.9 Å². The largest absolute Gasteiger partial charge is 0.378 e. The van der Waals surface area contributed by atoms with Crippen molar-refractivity contribution in [1.29, 1.82) is 0 Å². The minimum Gasteiger partial charge on any atom is -0.378 e. The van der Waals surface area contributed by atoms with Crippen LogP contribution in [0.4, 0.5) is 17.6 Å². The molecule has 2 aliphatic rings. The maximum atomic E-state index is 5.50. The molecular weight excluding hydrogens is 372 g/mol. The number of anilines is 3. The first kappa shape index (κ1) is 21.0. The van der Waals surface area contributed by atoms with Gasteiger partial charge in [-0.3, -0.25) is 0 Å². The Labute approximate surface area is 174 Å². The molecule has 0 amide bonds. The van der Waals surface area contributed by atoms with Crippen LogP contribution in [0.5, 0.6) is 0 Å². The molecule has 2 atom stereocenters. The Kier molecular flexibility index (Phi) is 6.60. The number of morpholine rings is 1. The van der Waals surface area contributed by atoms with Crippen LogP contribution in [0.3, 0.4) is 0 Å². The van der Waals surface area contributed by atoms with Crippen molar-refractivity contribution < 1.29 is 4.74 Å². The maximum absolute atomic E-state index is 5.50. The van der Waals surface area contributed by atoms with Crippen LogP contribution in [0.1, 0.15) is 41.0 Å². The Morgan fingerprint density at radius 2 is 1.64 bits per heavy atom. The molecule has 28 heavy (non-hydrogen) atoms. The van der Waals surface area contributed by atoms with Gasteiger partial charge in [0.1, 0.15) is 11.6 Å². The van der Waals surface area contributed by atoms with E-state index in [1.54, 1.807) is 0 Å². The monoisotopic (exact) mass is 406 g/mol. The topological polar surface area (TPSA) is 65.6 Å². The minimum absolute atomic E-state index is 0.119. The molecule has 1 aromatic heterocycles. The molecule has 0 aliphatic carbocycles. The van der Waals surface area contributed by atoms with E-state index in [0.29, 0.717) is 22.9 Å². The van der Waals surface area contributed by atoms with Gasteiger partial charge in [0.25, 0.3) is 0 Å². The second-order valence-corrected chi connectivity index (χ2v) is 9.60. The standard InChI is InChI=1S/C20H34N6OS/c1-14-10-15(2)13-26(12-14)17-11-16(25-6-8-27-9-7-25)21-18(22-17)23-19(28)24-20(3,4)5/h11,14-15H,6-10,12-13H2,1-5H3,(H2,21,22,23,24,28). The van der Waals surface area contributed by atoms with E-state index >= 15 is 0 Å². The second kappa shape index (κ2) is 8.78. The summed E-state index contributed by atoms with van der Waals surface area (Å²) in [7, 11) is 0. The normalized spacial score (nSPS) is 23.5. The molecule has 2 unspecified atom stereocenters. The van der Waals surface area contributed by atoms with Crippen molar-refractivity contribution in [1.82, 2.24) is 15.3 Å². The number of hydrogen-bond donors (Lipinski definition) is 2. The molecule has 7 nitrogen and oxygen atoms in total. The van der Waals surface area contributed by atoms with Gasteiger partial charge in [-0.1, -0.05) is 13.8 Å². The highest BCUT2D eigenvalue weighted by Crippen LogP contribution is 2.28.